The van der Waals surface area contributed by atoms with Crippen molar-refractivity contribution < 1.29 is 19.2 Å². The third-order valence-corrected chi connectivity index (χ3v) is 5.67. The van der Waals surface area contributed by atoms with Gasteiger partial charge >= 0.3 is 0 Å². The number of carbonyl (C=O) groups excluding carboxylic acids is 2. The number of ether oxygens (including phenoxy) is 1. The number of nitro benzene ring substituents is 1. The van der Waals surface area contributed by atoms with Crippen LogP contribution in [-0.4, -0.2) is 16.1 Å². The molecule has 0 N–H and O–H groups in total. The van der Waals surface area contributed by atoms with Crippen molar-refractivity contribution in [1.29, 1.82) is 0 Å². The fourth-order valence-corrected chi connectivity index (χ4v) is 4.06. The molecule has 1 heterocycles. The van der Waals surface area contributed by atoms with Gasteiger partial charge in [-0.3, -0.25) is 19.7 Å². The van der Waals surface area contributed by atoms with Crippen molar-refractivity contribution in [2.45, 2.75) is 6.61 Å². The number of nitrogens with zero attached hydrogens (tertiary/aromatic N) is 2. The summed E-state index contributed by atoms with van der Waals surface area (Å²) >= 11 is 6.84. The smallest absolute Gasteiger partial charge is 0.298 e. The van der Waals surface area contributed by atoms with Gasteiger partial charge in [0.25, 0.3) is 16.8 Å². The van der Waals surface area contributed by atoms with E-state index in [4.69, 9.17) is 16.3 Å². The molecule has 0 aliphatic carbocycles. The second-order valence-corrected chi connectivity index (χ2v) is 8.21. The summed E-state index contributed by atoms with van der Waals surface area (Å²) in [5, 5.41) is 10.8. The molecule has 32 heavy (non-hydrogen) atoms. The fourth-order valence-electron chi connectivity index (χ4n) is 3.03. The molecule has 0 radical (unpaired) electrons. The largest absolute Gasteiger partial charge is 0.489 e. The molecule has 0 atom stereocenters. The third kappa shape index (κ3) is 4.82. The van der Waals surface area contributed by atoms with Crippen LogP contribution in [0.15, 0.2) is 77.7 Å². The van der Waals surface area contributed by atoms with E-state index in [1.165, 1.54) is 12.1 Å². The summed E-state index contributed by atoms with van der Waals surface area (Å²) < 4.78 is 5.77. The first kappa shape index (κ1) is 21.6. The number of hydrogen-bond acceptors (Lipinski definition) is 6. The number of thioether (sulfide) groups is 1. The zero-order valence-corrected chi connectivity index (χ0v) is 18.0. The summed E-state index contributed by atoms with van der Waals surface area (Å²) in [4.78, 5) is 36.9. The van der Waals surface area contributed by atoms with Crippen LogP contribution in [0.1, 0.15) is 11.1 Å². The molecule has 3 aromatic rings. The van der Waals surface area contributed by atoms with Crippen LogP contribution in [0, 0.1) is 10.1 Å². The van der Waals surface area contributed by atoms with Crippen LogP contribution in [0.25, 0.3) is 6.08 Å². The minimum absolute atomic E-state index is 0.0162. The van der Waals surface area contributed by atoms with Crippen LogP contribution in [0.2, 0.25) is 5.02 Å². The minimum Gasteiger partial charge on any atom is -0.489 e. The number of nitro groups is 1. The second-order valence-electron chi connectivity index (χ2n) is 6.78. The highest BCUT2D eigenvalue weighted by Crippen LogP contribution is 2.36. The molecule has 2 amide bonds. The summed E-state index contributed by atoms with van der Waals surface area (Å²) in [5.41, 5.74) is 1.91. The Kier molecular flexibility index (Phi) is 6.25. The molecule has 4 rings (SSSR count). The number of anilines is 1. The highest BCUT2D eigenvalue weighted by Gasteiger charge is 2.36. The number of rotatable bonds is 6. The molecule has 160 valence electrons. The van der Waals surface area contributed by atoms with Crippen molar-refractivity contribution in [3.63, 3.8) is 0 Å². The summed E-state index contributed by atoms with van der Waals surface area (Å²) in [7, 11) is 0. The molecule has 9 heteroatoms. The molecule has 7 nitrogen and oxygen atoms in total. The summed E-state index contributed by atoms with van der Waals surface area (Å²) in [6, 6.07) is 19.8. The molecular formula is C23H15ClN2O5S. The summed E-state index contributed by atoms with van der Waals surface area (Å²) in [5.74, 6) is 0.144. The van der Waals surface area contributed by atoms with Crippen LogP contribution in [-0.2, 0) is 11.4 Å². The van der Waals surface area contributed by atoms with E-state index in [0.29, 0.717) is 26.9 Å². The molecule has 0 aromatic heterocycles. The molecule has 1 fully saturated rings. The van der Waals surface area contributed by atoms with Gasteiger partial charge in [-0.1, -0.05) is 29.8 Å². The summed E-state index contributed by atoms with van der Waals surface area (Å²) in [6.07, 6.45) is 1.63. The average Bonchev–Trinajstić information content (AvgIpc) is 3.05. The fraction of sp³-hybridized carbons (Fsp3) is 0.0435. The molecule has 1 saturated heterocycles. The highest BCUT2D eigenvalue weighted by molar-refractivity contribution is 8.19. The highest BCUT2D eigenvalue weighted by atomic mass is 35.5. The lowest BCUT2D eigenvalue weighted by atomic mass is 10.2. The van der Waals surface area contributed by atoms with E-state index >= 15 is 0 Å². The maximum absolute atomic E-state index is 12.8. The van der Waals surface area contributed by atoms with Crippen LogP contribution in [0.4, 0.5) is 16.2 Å². The van der Waals surface area contributed by atoms with Gasteiger partial charge in [0.05, 0.1) is 15.5 Å². The Morgan fingerprint density at radius 1 is 1.03 bits per heavy atom. The van der Waals surface area contributed by atoms with Crippen molar-refractivity contribution in [3.8, 4) is 5.75 Å². The lowest BCUT2D eigenvalue weighted by Gasteiger charge is -2.12. The van der Waals surface area contributed by atoms with Crippen molar-refractivity contribution in [2.75, 3.05) is 4.90 Å². The van der Waals surface area contributed by atoms with Gasteiger partial charge in [-0.25, -0.2) is 4.90 Å². The molecule has 0 bridgehead atoms. The third-order valence-electron chi connectivity index (χ3n) is 4.57. The predicted octanol–water partition coefficient (Wildman–Crippen LogP) is 6.07. The maximum Gasteiger partial charge on any atom is 0.298 e. The number of non-ortho nitro benzene ring substituents is 1. The Morgan fingerprint density at radius 3 is 2.50 bits per heavy atom. The van der Waals surface area contributed by atoms with Crippen LogP contribution in [0.5, 0.6) is 5.75 Å². The Balaban J connectivity index is 1.48. The van der Waals surface area contributed by atoms with Crippen molar-refractivity contribution in [2.24, 2.45) is 0 Å². The van der Waals surface area contributed by atoms with Gasteiger partial charge < -0.3 is 4.74 Å². The van der Waals surface area contributed by atoms with E-state index in [1.807, 2.05) is 0 Å². The van der Waals surface area contributed by atoms with Gasteiger partial charge in [0, 0.05) is 17.2 Å². The van der Waals surface area contributed by atoms with E-state index in [-0.39, 0.29) is 12.3 Å². The first-order chi connectivity index (χ1) is 15.4. The van der Waals surface area contributed by atoms with Gasteiger partial charge in [-0.05, 0) is 71.4 Å². The Labute approximate surface area is 192 Å². The normalized spacial score (nSPS) is 14.8. The maximum atomic E-state index is 12.8. The number of halogens is 1. The first-order valence-electron chi connectivity index (χ1n) is 9.40. The number of benzene rings is 3. The standard InChI is InChI=1S/C23H15ClN2O5S/c24-17-4-2-5-19(13-17)25-22(27)21(32-23(25)28)12-16-3-1-6-20(11-16)31-14-15-7-9-18(10-8-15)26(29)30/h1-13H,14H2/b21-12-. The molecule has 1 aliphatic heterocycles. The van der Waals surface area contributed by atoms with Gasteiger partial charge in [0.15, 0.2) is 0 Å². The monoisotopic (exact) mass is 466 g/mol. The Bertz CT molecular complexity index is 1240. The van der Waals surface area contributed by atoms with Crippen molar-refractivity contribution in [3.05, 3.63) is 104 Å². The van der Waals surface area contributed by atoms with E-state index in [0.717, 1.165) is 22.2 Å². The molecule has 3 aromatic carbocycles. The Hall–Kier alpha value is -3.62. The van der Waals surface area contributed by atoms with Crippen LogP contribution < -0.4 is 9.64 Å². The minimum atomic E-state index is -0.456. The van der Waals surface area contributed by atoms with Gasteiger partial charge in [0.2, 0.25) is 0 Å². The SMILES string of the molecule is O=C1S/C(=C\c2cccc(OCc3ccc([N+](=O)[O-])cc3)c2)C(=O)N1c1cccc(Cl)c1. The predicted molar refractivity (Wildman–Crippen MR) is 124 cm³/mol. The lowest BCUT2D eigenvalue weighted by molar-refractivity contribution is -0.384. The topological polar surface area (TPSA) is 89.7 Å². The van der Waals surface area contributed by atoms with E-state index in [2.05, 4.69) is 0 Å². The van der Waals surface area contributed by atoms with Gasteiger partial charge in [-0.15, -0.1) is 0 Å². The number of imide groups is 1. The zero-order valence-electron chi connectivity index (χ0n) is 16.4. The lowest BCUT2D eigenvalue weighted by Crippen LogP contribution is -2.27. The van der Waals surface area contributed by atoms with Crippen LogP contribution >= 0.6 is 23.4 Å². The van der Waals surface area contributed by atoms with E-state index in [9.17, 15) is 19.7 Å². The number of amides is 2. The average molecular weight is 467 g/mol. The van der Waals surface area contributed by atoms with Gasteiger partial charge in [-0.2, -0.15) is 0 Å². The molecular weight excluding hydrogens is 452 g/mol. The zero-order chi connectivity index (χ0) is 22.7. The molecule has 0 spiro atoms. The number of carbonyl (C=O) groups is 2. The molecule has 1 aliphatic rings. The van der Waals surface area contributed by atoms with Crippen molar-refractivity contribution >= 4 is 52.0 Å². The van der Waals surface area contributed by atoms with E-state index < -0.39 is 16.1 Å². The van der Waals surface area contributed by atoms with Crippen molar-refractivity contribution in [1.82, 2.24) is 0 Å². The quantitative estimate of drug-likeness (QED) is 0.249. The Morgan fingerprint density at radius 2 is 1.78 bits per heavy atom. The second kappa shape index (κ2) is 9.25. The molecule has 0 saturated carbocycles. The van der Waals surface area contributed by atoms with Crippen LogP contribution in [0.3, 0.4) is 0 Å². The first-order valence-corrected chi connectivity index (χ1v) is 10.6. The summed E-state index contributed by atoms with van der Waals surface area (Å²) in [6.45, 7) is 0.229. The molecule has 0 unspecified atom stereocenters. The van der Waals surface area contributed by atoms with Gasteiger partial charge in [0.1, 0.15) is 12.4 Å². The van der Waals surface area contributed by atoms with E-state index in [1.54, 1.807) is 66.7 Å². The number of hydrogen-bond donors (Lipinski definition) is 0.